The van der Waals surface area contributed by atoms with Crippen molar-refractivity contribution in [2.24, 2.45) is 0 Å². The molecule has 0 aliphatic carbocycles. The van der Waals surface area contributed by atoms with Crippen LogP contribution in [0, 0.1) is 0 Å². The molecule has 2 rings (SSSR count). The minimum Gasteiger partial charge on any atom is -0.550 e. The molecule has 0 aliphatic rings. The van der Waals surface area contributed by atoms with Gasteiger partial charge in [-0.15, -0.1) is 0 Å². The van der Waals surface area contributed by atoms with Crippen molar-refractivity contribution in [1.82, 2.24) is 0 Å². The number of carboxylic acid groups (broad SMARTS) is 2. The van der Waals surface area contributed by atoms with E-state index in [4.69, 9.17) is 18.9 Å². The van der Waals surface area contributed by atoms with E-state index in [0.717, 1.165) is 165 Å². The van der Waals surface area contributed by atoms with Crippen LogP contribution in [0.3, 0.4) is 0 Å². The maximum Gasteiger partial charge on any atom is 2.00 e. The molecule has 65 heavy (non-hydrogen) atoms. The Labute approximate surface area is 434 Å². The molecule has 4 unspecified atom stereocenters. The number of aliphatic carboxylic acids is 2. The molecule has 0 amide bonds. The molecule has 2 aromatic carbocycles. The first-order valence-corrected chi connectivity index (χ1v) is 25.1. The summed E-state index contributed by atoms with van der Waals surface area (Å²) in [6, 6.07) is 20.4. The molecule has 364 valence electrons. The predicted octanol–water partition coefficient (Wildman–Crippen LogP) is 11.1. The van der Waals surface area contributed by atoms with Crippen molar-refractivity contribution >= 4 is 72.8 Å². The topological polar surface area (TPSA) is 151 Å². The minimum absolute atomic E-state index is 0. The van der Waals surface area contributed by atoms with E-state index in [9.17, 15) is 29.4 Å². The van der Waals surface area contributed by atoms with Gasteiger partial charge >= 0.3 is 60.8 Å². The van der Waals surface area contributed by atoms with Gasteiger partial charge in [0, 0.05) is 38.6 Å². The van der Waals surface area contributed by atoms with Crippen molar-refractivity contribution < 1.29 is 48.3 Å². The van der Waals surface area contributed by atoms with Crippen LogP contribution >= 0.6 is 0 Å². The van der Waals surface area contributed by atoms with E-state index in [1.165, 1.54) is 26.7 Å². The summed E-state index contributed by atoms with van der Waals surface area (Å²) in [5.41, 5.74) is 2.33. The molecule has 0 aliphatic heterocycles. The van der Waals surface area contributed by atoms with Gasteiger partial charge in [0.25, 0.3) is 0 Å². The Morgan fingerprint density at radius 3 is 1.02 bits per heavy atom. The summed E-state index contributed by atoms with van der Waals surface area (Å²) in [6.07, 6.45) is 26.9. The number of hydrogen-bond acceptors (Lipinski definition) is 10. The quantitative estimate of drug-likeness (QED) is 0.0358. The average Bonchev–Trinajstić information content (AvgIpc) is 3.26. The van der Waals surface area contributed by atoms with Crippen LogP contribution < -0.4 is 10.2 Å². The molecule has 4 atom stereocenters. The largest absolute Gasteiger partial charge is 2.00 e. The standard InChI is InChI=1S/2C27H44O5.Ba/c2*1-3-4-18-25(31-22-24-16-12-11-13-17-24)21-26(32-23(2)28)19-14-9-7-5-6-8-10-15-20-27(29)30;/h2*11-13,16-17,25-26H,3-10,14-15,18-22H2,1-2H3,(H,29,30);/q;;+2/p-2. The normalized spacial score (nSPS) is 12.7. The predicted molar refractivity (Wildman–Crippen MR) is 258 cm³/mol. The second-order valence-corrected chi connectivity index (χ2v) is 17.5. The average molecular weight is 1030 g/mol. The van der Waals surface area contributed by atoms with Gasteiger partial charge < -0.3 is 38.7 Å². The second-order valence-electron chi connectivity index (χ2n) is 17.5. The van der Waals surface area contributed by atoms with E-state index in [0.29, 0.717) is 13.2 Å². The molecule has 0 spiro atoms. The number of ether oxygens (including phenoxy) is 4. The molecule has 0 aromatic heterocycles. The van der Waals surface area contributed by atoms with Crippen LogP contribution in [0.25, 0.3) is 0 Å². The zero-order valence-corrected chi connectivity index (χ0v) is 45.5. The third-order valence-corrected chi connectivity index (χ3v) is 11.4. The number of carboxylic acids is 2. The van der Waals surface area contributed by atoms with E-state index < -0.39 is 11.9 Å². The van der Waals surface area contributed by atoms with Gasteiger partial charge in [-0.05, 0) is 75.3 Å². The Morgan fingerprint density at radius 1 is 0.431 bits per heavy atom. The van der Waals surface area contributed by atoms with Crippen molar-refractivity contribution in [3.8, 4) is 0 Å². The summed E-state index contributed by atoms with van der Waals surface area (Å²) in [5, 5.41) is 20.8. The molecule has 10 nitrogen and oxygen atoms in total. The number of hydrogen-bond donors (Lipinski definition) is 0. The van der Waals surface area contributed by atoms with Crippen molar-refractivity contribution in [2.75, 3.05) is 0 Å². The third-order valence-electron chi connectivity index (χ3n) is 11.4. The number of carbonyl (C=O) groups excluding carboxylic acids is 4. The third kappa shape index (κ3) is 40.6. The van der Waals surface area contributed by atoms with E-state index in [2.05, 4.69) is 38.1 Å². The van der Waals surface area contributed by atoms with E-state index in [1.54, 1.807) is 0 Å². The molecule has 0 N–H and O–H groups in total. The van der Waals surface area contributed by atoms with Crippen LogP contribution in [0.15, 0.2) is 60.7 Å². The minimum atomic E-state index is -0.949. The fourth-order valence-electron chi connectivity index (χ4n) is 7.89. The van der Waals surface area contributed by atoms with Gasteiger partial charge in [-0.3, -0.25) is 9.59 Å². The molecular formula is C54H86BaO10. The Kier molecular flexibility index (Phi) is 42.8. The molecule has 0 bridgehead atoms. The van der Waals surface area contributed by atoms with Crippen LogP contribution in [0.2, 0.25) is 0 Å². The fourth-order valence-corrected chi connectivity index (χ4v) is 7.89. The van der Waals surface area contributed by atoms with Gasteiger partial charge in [-0.25, -0.2) is 0 Å². The van der Waals surface area contributed by atoms with Gasteiger partial charge in [0.05, 0.1) is 25.4 Å². The van der Waals surface area contributed by atoms with Crippen LogP contribution in [0.1, 0.15) is 219 Å². The van der Waals surface area contributed by atoms with Crippen molar-refractivity contribution in [1.29, 1.82) is 0 Å². The van der Waals surface area contributed by atoms with Gasteiger partial charge in [0.2, 0.25) is 0 Å². The van der Waals surface area contributed by atoms with Crippen LogP contribution in [0.4, 0.5) is 0 Å². The van der Waals surface area contributed by atoms with Crippen LogP contribution in [-0.4, -0.2) is 97.2 Å². The maximum atomic E-state index is 11.6. The first-order chi connectivity index (χ1) is 31.0. The summed E-state index contributed by atoms with van der Waals surface area (Å²) >= 11 is 0. The number of esters is 2. The zero-order chi connectivity index (χ0) is 46.9. The molecule has 2 aromatic rings. The summed E-state index contributed by atoms with van der Waals surface area (Å²) < 4.78 is 23.7. The molecule has 0 radical (unpaired) electrons. The van der Waals surface area contributed by atoms with Crippen molar-refractivity contribution in [3.05, 3.63) is 71.8 Å². The molecule has 0 saturated heterocycles. The van der Waals surface area contributed by atoms with Gasteiger partial charge in [-0.2, -0.15) is 0 Å². The summed E-state index contributed by atoms with van der Waals surface area (Å²) in [4.78, 5) is 44.1. The number of benzene rings is 2. The van der Waals surface area contributed by atoms with Crippen LogP contribution in [0.5, 0.6) is 0 Å². The summed E-state index contributed by atoms with van der Waals surface area (Å²) in [6.45, 7) is 8.51. The second kappa shape index (κ2) is 44.3. The van der Waals surface area contributed by atoms with Crippen molar-refractivity contribution in [3.63, 3.8) is 0 Å². The molecule has 0 fully saturated rings. The van der Waals surface area contributed by atoms with E-state index in [-0.39, 0.29) is 98.1 Å². The summed E-state index contributed by atoms with van der Waals surface area (Å²) in [7, 11) is 0. The van der Waals surface area contributed by atoms with Gasteiger partial charge in [0.15, 0.2) is 0 Å². The Balaban J connectivity index is 0.00000124. The summed E-state index contributed by atoms with van der Waals surface area (Å²) in [5.74, 6) is -2.34. The number of unbranched alkanes of at least 4 members (excludes halogenated alkanes) is 16. The van der Waals surface area contributed by atoms with E-state index >= 15 is 0 Å². The molecule has 0 saturated carbocycles. The Morgan fingerprint density at radius 2 is 0.723 bits per heavy atom. The number of carbonyl (C=O) groups is 4. The maximum absolute atomic E-state index is 11.6. The Bertz CT molecular complexity index is 1320. The first kappa shape index (κ1) is 62.8. The molecule has 0 heterocycles. The molecular weight excluding hydrogens is 946 g/mol. The Hall–Kier alpha value is -2.19. The van der Waals surface area contributed by atoms with E-state index in [1.807, 2.05) is 36.4 Å². The zero-order valence-electron chi connectivity index (χ0n) is 41.1. The smallest absolute Gasteiger partial charge is 0.550 e. The molecule has 11 heteroatoms. The van der Waals surface area contributed by atoms with Gasteiger partial charge in [-0.1, -0.05) is 177 Å². The fraction of sp³-hybridized carbons (Fsp3) is 0.704. The SMILES string of the molecule is CCCCC(CC(CCCCCCCCCCC(=O)[O-])OC(C)=O)OCc1ccccc1.CCCCC(CC(CCCCCCCCCCC(=O)[O-])OC(C)=O)OCc1ccccc1.[Ba+2]. The van der Waals surface area contributed by atoms with Crippen LogP contribution in [-0.2, 0) is 51.3 Å². The van der Waals surface area contributed by atoms with Crippen molar-refractivity contribution in [2.45, 2.75) is 245 Å². The first-order valence-electron chi connectivity index (χ1n) is 25.1. The number of rotatable bonds is 40. The monoisotopic (exact) mass is 1030 g/mol. The van der Waals surface area contributed by atoms with Gasteiger partial charge in [0.1, 0.15) is 12.2 Å².